The molecule has 0 aliphatic carbocycles. The first-order valence-electron chi connectivity index (χ1n) is 6.55. The van der Waals surface area contributed by atoms with Gasteiger partial charge in [0.25, 0.3) is 5.69 Å². The standard InChI is InChI=1S/C16H13N3O2/c20-19(21)16-6-2-1-4-13(16)11-18-14-7-8-15-12(10-14)5-3-9-17-15/h1-10,18H,11H2. The molecule has 1 aromatic heterocycles. The lowest BCUT2D eigenvalue weighted by molar-refractivity contribution is -0.385. The summed E-state index contributed by atoms with van der Waals surface area (Å²) in [6.45, 7) is 0.406. The van der Waals surface area contributed by atoms with Crippen molar-refractivity contribution < 1.29 is 4.92 Å². The molecule has 3 rings (SSSR count). The van der Waals surface area contributed by atoms with Gasteiger partial charge in [-0.3, -0.25) is 15.1 Å². The van der Waals surface area contributed by atoms with Crippen LogP contribution in [0.25, 0.3) is 10.9 Å². The van der Waals surface area contributed by atoms with Crippen LogP contribution in [0.15, 0.2) is 60.8 Å². The maximum atomic E-state index is 11.0. The van der Waals surface area contributed by atoms with Gasteiger partial charge in [-0.25, -0.2) is 0 Å². The van der Waals surface area contributed by atoms with Crippen LogP contribution in [0.2, 0.25) is 0 Å². The summed E-state index contributed by atoms with van der Waals surface area (Å²) < 4.78 is 0. The summed E-state index contributed by atoms with van der Waals surface area (Å²) in [4.78, 5) is 14.9. The number of anilines is 1. The number of nitro groups is 1. The molecule has 0 spiro atoms. The van der Waals surface area contributed by atoms with E-state index >= 15 is 0 Å². The minimum atomic E-state index is -0.360. The minimum Gasteiger partial charge on any atom is -0.381 e. The van der Waals surface area contributed by atoms with Crippen LogP contribution in [0.4, 0.5) is 11.4 Å². The van der Waals surface area contributed by atoms with Crippen molar-refractivity contribution >= 4 is 22.3 Å². The van der Waals surface area contributed by atoms with E-state index in [0.29, 0.717) is 12.1 Å². The molecule has 1 heterocycles. The Hall–Kier alpha value is -2.95. The second-order valence-corrected chi connectivity index (χ2v) is 4.65. The first kappa shape index (κ1) is 13.1. The van der Waals surface area contributed by atoms with E-state index in [1.165, 1.54) is 6.07 Å². The van der Waals surface area contributed by atoms with Gasteiger partial charge in [0.2, 0.25) is 0 Å². The van der Waals surface area contributed by atoms with Crippen molar-refractivity contribution in [2.45, 2.75) is 6.54 Å². The molecule has 0 unspecified atom stereocenters. The van der Waals surface area contributed by atoms with Gasteiger partial charge in [-0.15, -0.1) is 0 Å². The molecular weight excluding hydrogens is 266 g/mol. The lowest BCUT2D eigenvalue weighted by Gasteiger charge is -2.08. The van der Waals surface area contributed by atoms with Crippen LogP contribution >= 0.6 is 0 Å². The van der Waals surface area contributed by atoms with E-state index < -0.39 is 0 Å². The van der Waals surface area contributed by atoms with E-state index in [-0.39, 0.29) is 10.6 Å². The van der Waals surface area contributed by atoms with E-state index in [1.807, 2.05) is 30.3 Å². The van der Waals surface area contributed by atoms with Gasteiger partial charge < -0.3 is 5.32 Å². The average molecular weight is 279 g/mol. The van der Waals surface area contributed by atoms with Gasteiger partial charge in [0, 0.05) is 35.4 Å². The predicted molar refractivity (Wildman–Crippen MR) is 82.2 cm³/mol. The summed E-state index contributed by atoms with van der Waals surface area (Å²) in [5, 5.41) is 15.2. The lowest BCUT2D eigenvalue weighted by Crippen LogP contribution is -2.02. The van der Waals surface area contributed by atoms with E-state index in [9.17, 15) is 10.1 Å². The van der Waals surface area contributed by atoms with Crippen molar-refractivity contribution in [3.05, 3.63) is 76.5 Å². The maximum Gasteiger partial charge on any atom is 0.274 e. The number of aromatic nitrogens is 1. The molecule has 21 heavy (non-hydrogen) atoms. The number of pyridine rings is 1. The molecule has 3 aromatic rings. The summed E-state index contributed by atoms with van der Waals surface area (Å²) in [6, 6.07) is 16.4. The van der Waals surface area contributed by atoms with Crippen LogP contribution < -0.4 is 5.32 Å². The summed E-state index contributed by atoms with van der Waals surface area (Å²) in [5.41, 5.74) is 2.63. The lowest BCUT2D eigenvalue weighted by atomic mass is 10.1. The number of benzene rings is 2. The minimum absolute atomic E-state index is 0.132. The molecule has 5 heteroatoms. The van der Waals surface area contributed by atoms with E-state index in [2.05, 4.69) is 10.3 Å². The van der Waals surface area contributed by atoms with Crippen LogP contribution in [-0.2, 0) is 6.54 Å². The Labute approximate surface area is 121 Å². The zero-order chi connectivity index (χ0) is 14.7. The van der Waals surface area contributed by atoms with E-state index in [1.54, 1.807) is 24.4 Å². The average Bonchev–Trinajstić information content (AvgIpc) is 2.53. The van der Waals surface area contributed by atoms with Gasteiger partial charge in [0.05, 0.1) is 10.4 Å². The van der Waals surface area contributed by atoms with Crippen molar-refractivity contribution in [3.8, 4) is 0 Å². The summed E-state index contributed by atoms with van der Waals surface area (Å²) in [5.74, 6) is 0. The topological polar surface area (TPSA) is 68.1 Å². The van der Waals surface area contributed by atoms with Crippen molar-refractivity contribution in [3.63, 3.8) is 0 Å². The van der Waals surface area contributed by atoms with Crippen molar-refractivity contribution in [2.24, 2.45) is 0 Å². The Morgan fingerprint density at radius 1 is 1.10 bits per heavy atom. The van der Waals surface area contributed by atoms with Crippen LogP contribution in [0.5, 0.6) is 0 Å². The maximum absolute atomic E-state index is 11.0. The number of fused-ring (bicyclic) bond motifs is 1. The smallest absolute Gasteiger partial charge is 0.274 e. The fourth-order valence-corrected chi connectivity index (χ4v) is 2.22. The molecule has 0 bridgehead atoms. The van der Waals surface area contributed by atoms with Crippen molar-refractivity contribution in [2.75, 3.05) is 5.32 Å². The number of hydrogen-bond donors (Lipinski definition) is 1. The van der Waals surface area contributed by atoms with Crippen molar-refractivity contribution in [1.29, 1.82) is 0 Å². The third kappa shape index (κ3) is 2.81. The monoisotopic (exact) mass is 279 g/mol. The van der Waals surface area contributed by atoms with Crippen LogP contribution in [0, 0.1) is 10.1 Å². The van der Waals surface area contributed by atoms with E-state index in [0.717, 1.165) is 16.6 Å². The van der Waals surface area contributed by atoms with Crippen LogP contribution in [0.3, 0.4) is 0 Å². The molecule has 0 radical (unpaired) electrons. The Balaban J connectivity index is 1.82. The molecule has 5 nitrogen and oxygen atoms in total. The largest absolute Gasteiger partial charge is 0.381 e. The molecule has 2 aromatic carbocycles. The first-order valence-corrected chi connectivity index (χ1v) is 6.55. The Kier molecular flexibility index (Phi) is 3.47. The number of hydrogen-bond acceptors (Lipinski definition) is 4. The zero-order valence-electron chi connectivity index (χ0n) is 11.2. The van der Waals surface area contributed by atoms with Crippen LogP contribution in [0.1, 0.15) is 5.56 Å². The molecule has 0 saturated carbocycles. The highest BCUT2D eigenvalue weighted by Gasteiger charge is 2.11. The predicted octanol–water partition coefficient (Wildman–Crippen LogP) is 3.76. The fraction of sp³-hybridized carbons (Fsp3) is 0.0625. The zero-order valence-corrected chi connectivity index (χ0v) is 11.2. The number of nitro benzene ring substituents is 1. The second kappa shape index (κ2) is 5.58. The molecule has 0 fully saturated rings. The van der Waals surface area contributed by atoms with Gasteiger partial charge in [0.1, 0.15) is 0 Å². The normalized spacial score (nSPS) is 10.5. The Morgan fingerprint density at radius 2 is 1.95 bits per heavy atom. The number of rotatable bonds is 4. The molecule has 0 aliphatic rings. The van der Waals surface area contributed by atoms with Gasteiger partial charge >= 0.3 is 0 Å². The third-order valence-electron chi connectivity index (χ3n) is 3.27. The van der Waals surface area contributed by atoms with Crippen LogP contribution in [-0.4, -0.2) is 9.91 Å². The molecule has 1 N–H and O–H groups in total. The van der Waals surface area contributed by atoms with Gasteiger partial charge in [-0.1, -0.05) is 24.3 Å². The summed E-state index contributed by atoms with van der Waals surface area (Å²) in [6.07, 6.45) is 1.75. The summed E-state index contributed by atoms with van der Waals surface area (Å²) in [7, 11) is 0. The number of nitrogens with one attached hydrogen (secondary N) is 1. The Bertz CT molecular complexity index is 802. The highest BCUT2D eigenvalue weighted by molar-refractivity contribution is 5.82. The van der Waals surface area contributed by atoms with Gasteiger partial charge in [-0.05, 0) is 24.3 Å². The highest BCUT2D eigenvalue weighted by atomic mass is 16.6. The first-order chi connectivity index (χ1) is 10.2. The molecule has 0 aliphatic heterocycles. The summed E-state index contributed by atoms with van der Waals surface area (Å²) >= 11 is 0. The molecule has 0 saturated heterocycles. The van der Waals surface area contributed by atoms with Crippen molar-refractivity contribution in [1.82, 2.24) is 4.98 Å². The Morgan fingerprint density at radius 3 is 2.81 bits per heavy atom. The second-order valence-electron chi connectivity index (χ2n) is 4.65. The number of nitrogens with zero attached hydrogens (tertiary/aromatic N) is 2. The molecule has 104 valence electrons. The third-order valence-corrected chi connectivity index (χ3v) is 3.27. The fourth-order valence-electron chi connectivity index (χ4n) is 2.22. The van der Waals surface area contributed by atoms with Gasteiger partial charge in [-0.2, -0.15) is 0 Å². The molecular formula is C16H13N3O2. The molecule has 0 atom stereocenters. The van der Waals surface area contributed by atoms with E-state index in [4.69, 9.17) is 0 Å². The highest BCUT2D eigenvalue weighted by Crippen LogP contribution is 2.21. The molecule has 0 amide bonds. The van der Waals surface area contributed by atoms with Gasteiger partial charge in [0.15, 0.2) is 0 Å². The SMILES string of the molecule is O=[N+]([O-])c1ccccc1CNc1ccc2ncccc2c1. The number of para-hydroxylation sites is 1. The quantitative estimate of drug-likeness (QED) is 0.583.